The van der Waals surface area contributed by atoms with Crippen LogP contribution in [0, 0.1) is 20.8 Å². The molecular formula is C20H37BrMgN2. The van der Waals surface area contributed by atoms with E-state index in [0.717, 1.165) is 5.84 Å². The maximum Gasteiger partial charge on any atom is 2.00 e. The van der Waals surface area contributed by atoms with Crippen LogP contribution < -0.4 is 17.0 Å². The van der Waals surface area contributed by atoms with E-state index < -0.39 is 0 Å². The third kappa shape index (κ3) is 12.3. The fourth-order valence-corrected chi connectivity index (χ4v) is 2.18. The van der Waals surface area contributed by atoms with Crippen molar-refractivity contribution < 1.29 is 17.0 Å². The van der Waals surface area contributed by atoms with Crippen molar-refractivity contribution in [2.75, 3.05) is 0 Å². The second-order valence-corrected chi connectivity index (χ2v) is 5.54. The number of amidine groups is 1. The quantitative estimate of drug-likeness (QED) is 0.416. The van der Waals surface area contributed by atoms with E-state index in [4.69, 9.17) is 0 Å². The Morgan fingerprint density at radius 2 is 1.25 bits per heavy atom. The smallest absolute Gasteiger partial charge is 1.00 e. The van der Waals surface area contributed by atoms with E-state index in [-0.39, 0.29) is 52.1 Å². The first kappa shape index (κ1) is 31.7. The molecule has 0 aliphatic carbocycles. The van der Waals surface area contributed by atoms with Gasteiger partial charge in [0, 0.05) is 0 Å². The van der Waals surface area contributed by atoms with Gasteiger partial charge in [0.25, 0.3) is 0 Å². The van der Waals surface area contributed by atoms with Crippen LogP contribution in [0.2, 0.25) is 0 Å². The minimum atomic E-state index is 0. The normalized spacial score (nSPS) is 9.79. The van der Waals surface area contributed by atoms with Gasteiger partial charge in [0.1, 0.15) is 0 Å². The van der Waals surface area contributed by atoms with Gasteiger partial charge in [-0.15, -0.1) is 0 Å². The van der Waals surface area contributed by atoms with Crippen molar-refractivity contribution in [2.45, 2.75) is 88.2 Å². The molecule has 0 atom stereocenters. The predicted molar refractivity (Wildman–Crippen MR) is 109 cm³/mol. The van der Waals surface area contributed by atoms with Crippen LogP contribution in [0.3, 0.4) is 0 Å². The SMILES string of the molecule is CC.CC.Cc1cc(C)c(C(=NC(C)C)[N-]C(C)C)c(C)c1.[Br-].[Mg+2]. The fraction of sp³-hybridized carbons (Fsp3) is 0.650. The zero-order valence-corrected chi connectivity index (χ0v) is 20.8. The summed E-state index contributed by atoms with van der Waals surface area (Å²) in [5.74, 6) is 0.898. The van der Waals surface area contributed by atoms with Crippen LogP contribution >= 0.6 is 0 Å². The Morgan fingerprint density at radius 1 is 0.875 bits per heavy atom. The molecule has 0 aromatic heterocycles. The Bertz CT molecular complexity index is 432. The van der Waals surface area contributed by atoms with Crippen LogP contribution in [0.5, 0.6) is 0 Å². The number of aliphatic imine (C=N–C) groups is 1. The molecule has 0 radical (unpaired) electrons. The van der Waals surface area contributed by atoms with Crippen molar-refractivity contribution in [1.29, 1.82) is 0 Å². The summed E-state index contributed by atoms with van der Waals surface area (Å²) in [6, 6.07) is 4.94. The molecule has 1 aromatic rings. The number of nitrogens with zero attached hydrogens (tertiary/aromatic N) is 2. The van der Waals surface area contributed by atoms with E-state index in [0.29, 0.717) is 0 Å². The number of halogens is 1. The van der Waals surface area contributed by atoms with Crippen LogP contribution in [-0.4, -0.2) is 41.0 Å². The Morgan fingerprint density at radius 3 is 1.54 bits per heavy atom. The molecular weight excluding hydrogens is 372 g/mol. The van der Waals surface area contributed by atoms with Gasteiger partial charge in [-0.1, -0.05) is 78.9 Å². The van der Waals surface area contributed by atoms with Gasteiger partial charge in [-0.05, 0) is 49.5 Å². The molecule has 0 bridgehead atoms. The molecule has 0 amide bonds. The maximum absolute atomic E-state index is 4.69. The van der Waals surface area contributed by atoms with Gasteiger partial charge in [0.05, 0.1) is 0 Å². The van der Waals surface area contributed by atoms with Crippen LogP contribution in [-0.2, 0) is 0 Å². The second kappa shape index (κ2) is 17.7. The Labute approximate surface area is 178 Å². The summed E-state index contributed by atoms with van der Waals surface area (Å²) in [5, 5.41) is 4.69. The molecule has 1 aromatic carbocycles. The molecule has 0 saturated heterocycles. The summed E-state index contributed by atoms with van der Waals surface area (Å²) in [6.07, 6.45) is 0. The van der Waals surface area contributed by atoms with E-state index in [1.165, 1.54) is 22.3 Å². The Hall–Kier alpha value is -0.0638. The molecule has 2 nitrogen and oxygen atoms in total. The zero-order valence-electron chi connectivity index (χ0n) is 17.8. The van der Waals surface area contributed by atoms with Gasteiger partial charge < -0.3 is 27.3 Å². The first-order chi connectivity index (χ1) is 10.3. The van der Waals surface area contributed by atoms with Crippen molar-refractivity contribution in [3.05, 3.63) is 39.7 Å². The van der Waals surface area contributed by atoms with E-state index in [1.807, 2.05) is 27.7 Å². The third-order valence-electron chi connectivity index (χ3n) is 2.66. The van der Waals surface area contributed by atoms with E-state index in [1.54, 1.807) is 0 Å². The molecule has 0 N–H and O–H groups in total. The van der Waals surface area contributed by atoms with Crippen molar-refractivity contribution in [2.24, 2.45) is 4.99 Å². The molecule has 24 heavy (non-hydrogen) atoms. The van der Waals surface area contributed by atoms with Crippen LogP contribution in [0.1, 0.15) is 77.6 Å². The van der Waals surface area contributed by atoms with Gasteiger partial charge in [-0.2, -0.15) is 0 Å². The minimum Gasteiger partial charge on any atom is -1.00 e. The van der Waals surface area contributed by atoms with Crippen molar-refractivity contribution in [1.82, 2.24) is 0 Å². The van der Waals surface area contributed by atoms with Crippen LogP contribution in [0.15, 0.2) is 17.1 Å². The summed E-state index contributed by atoms with van der Waals surface area (Å²) in [7, 11) is 0. The largest absolute Gasteiger partial charge is 2.00 e. The second-order valence-electron chi connectivity index (χ2n) is 5.54. The van der Waals surface area contributed by atoms with Gasteiger partial charge in [-0.3, -0.25) is 0 Å². The molecule has 0 unspecified atom stereocenters. The number of benzene rings is 1. The third-order valence-corrected chi connectivity index (χ3v) is 2.66. The Kier molecular flexibility index (Phi) is 23.4. The van der Waals surface area contributed by atoms with Gasteiger partial charge in [0.15, 0.2) is 0 Å². The minimum absolute atomic E-state index is 0. The molecule has 0 aliphatic rings. The number of hydrogen-bond donors (Lipinski definition) is 0. The summed E-state index contributed by atoms with van der Waals surface area (Å²) < 4.78 is 0. The molecule has 4 heteroatoms. The summed E-state index contributed by atoms with van der Waals surface area (Å²) >= 11 is 0. The van der Waals surface area contributed by atoms with E-state index >= 15 is 0 Å². The number of rotatable bonds is 3. The summed E-state index contributed by atoms with van der Waals surface area (Å²) in [5.41, 5.74) is 5.01. The van der Waals surface area contributed by atoms with Crippen LogP contribution in [0.4, 0.5) is 0 Å². The topological polar surface area (TPSA) is 26.5 Å². The first-order valence-electron chi connectivity index (χ1n) is 8.68. The number of aryl methyl sites for hydroxylation is 3. The summed E-state index contributed by atoms with van der Waals surface area (Å²) in [6.45, 7) is 22.8. The average Bonchev–Trinajstić information content (AvgIpc) is 2.40. The Balaban J connectivity index is -0.000000309. The molecule has 0 spiro atoms. The molecule has 0 saturated carbocycles. The zero-order chi connectivity index (χ0) is 17.9. The van der Waals surface area contributed by atoms with E-state index in [2.05, 4.69) is 70.9 Å². The predicted octanol–water partition coefficient (Wildman–Crippen LogP) is 3.22. The van der Waals surface area contributed by atoms with Crippen molar-refractivity contribution >= 4 is 28.9 Å². The molecule has 0 heterocycles. The van der Waals surface area contributed by atoms with E-state index in [9.17, 15) is 0 Å². The maximum atomic E-state index is 4.69. The standard InChI is InChI=1S/C16H25N2.2C2H6.BrH.Mg/c1-10(2)17-16(18-11(3)4)15-13(6)8-12(5)9-14(15)7;2*1-2;;/h8-11H,1-7H3;2*1-2H3;1H;/q-1;;;;+2/p-1. The van der Waals surface area contributed by atoms with Gasteiger partial charge >= 0.3 is 23.1 Å². The van der Waals surface area contributed by atoms with Gasteiger partial charge in [0.2, 0.25) is 0 Å². The average molecular weight is 410 g/mol. The van der Waals surface area contributed by atoms with Crippen LogP contribution in [0.25, 0.3) is 5.32 Å². The first-order valence-corrected chi connectivity index (χ1v) is 8.68. The summed E-state index contributed by atoms with van der Waals surface area (Å²) in [4.78, 5) is 4.69. The fourth-order valence-electron chi connectivity index (χ4n) is 2.18. The number of hydrogen-bond acceptors (Lipinski definition) is 1. The molecule has 0 aliphatic heterocycles. The van der Waals surface area contributed by atoms with Crippen molar-refractivity contribution in [3.8, 4) is 0 Å². The molecule has 136 valence electrons. The monoisotopic (exact) mass is 408 g/mol. The van der Waals surface area contributed by atoms with Gasteiger partial charge in [-0.25, -0.2) is 0 Å². The molecule has 0 fully saturated rings. The van der Waals surface area contributed by atoms with Crippen molar-refractivity contribution in [3.63, 3.8) is 0 Å². The molecule has 1 rings (SSSR count).